The highest BCUT2D eigenvalue weighted by molar-refractivity contribution is 9.13. The van der Waals surface area contributed by atoms with Gasteiger partial charge in [0.2, 0.25) is 0 Å². The predicted molar refractivity (Wildman–Crippen MR) is 144 cm³/mol. The van der Waals surface area contributed by atoms with Gasteiger partial charge in [0.1, 0.15) is 0 Å². The molecule has 0 aliphatic carbocycles. The van der Waals surface area contributed by atoms with E-state index < -0.39 is 0 Å². The Kier molecular flexibility index (Phi) is 7.76. The summed E-state index contributed by atoms with van der Waals surface area (Å²) in [5.41, 5.74) is 7.21. The fourth-order valence-corrected chi connectivity index (χ4v) is 4.38. The van der Waals surface area contributed by atoms with Crippen LogP contribution in [0.25, 0.3) is 0 Å². The first kappa shape index (κ1) is 23.4. The molecule has 0 fully saturated rings. The first-order valence-electron chi connectivity index (χ1n) is 9.11. The molecule has 0 saturated carbocycles. The quantitative estimate of drug-likeness (QED) is 0.296. The van der Waals surface area contributed by atoms with Gasteiger partial charge in [-0.25, -0.2) is 0 Å². The second-order valence-corrected chi connectivity index (χ2v) is 10.4. The molecule has 30 heavy (non-hydrogen) atoms. The van der Waals surface area contributed by atoms with Crippen LogP contribution in [0, 0.1) is 0 Å². The number of nitrogens with zero attached hydrogens (tertiary/aromatic N) is 2. The molecule has 1 aliphatic heterocycles. The molecule has 0 bridgehead atoms. The SMILES string of the molecule is CC1=Nc2cc(Br)c(Br)cc2N/C(C)=C\C(C)=Nc2cc(Br)c(Br)cc2N/C(C)=C\1. The standard InChI is InChI=1S/C22H20Br4N4/c1-11-5-12(2)28-21-9-17(25)18(26)10-22(21)30-14(4)6-13(3)29-20-8-16(24)15(23)7-19(20)27-11/h5-10,27,30H,1-4H3/b11-5-,14-6-,28-12?,29-13?. The minimum Gasteiger partial charge on any atom is -0.357 e. The molecule has 1 heterocycles. The molecular weight excluding hydrogens is 640 g/mol. The third-order valence-electron chi connectivity index (χ3n) is 4.19. The van der Waals surface area contributed by atoms with Crippen LogP contribution in [-0.4, -0.2) is 11.4 Å². The number of hydrogen-bond acceptors (Lipinski definition) is 4. The van der Waals surface area contributed by atoms with Crippen LogP contribution in [0.4, 0.5) is 22.7 Å². The summed E-state index contributed by atoms with van der Waals surface area (Å²) in [6, 6.07) is 8.03. The summed E-state index contributed by atoms with van der Waals surface area (Å²) < 4.78 is 3.81. The van der Waals surface area contributed by atoms with Crippen molar-refractivity contribution in [2.24, 2.45) is 9.98 Å². The fourth-order valence-electron chi connectivity index (χ4n) is 3.03. The average Bonchev–Trinajstić information content (AvgIpc) is 2.62. The Labute approximate surface area is 210 Å². The number of nitrogens with one attached hydrogen (secondary N) is 2. The fraction of sp³-hybridized carbons (Fsp3) is 0.182. The number of halogens is 4. The van der Waals surface area contributed by atoms with Gasteiger partial charge >= 0.3 is 0 Å². The molecule has 2 aromatic rings. The maximum absolute atomic E-state index is 4.83. The van der Waals surface area contributed by atoms with E-state index in [0.29, 0.717) is 0 Å². The van der Waals surface area contributed by atoms with Crippen molar-refractivity contribution in [2.45, 2.75) is 27.7 Å². The van der Waals surface area contributed by atoms with E-state index in [1.54, 1.807) is 0 Å². The Morgan fingerprint density at radius 3 is 1.27 bits per heavy atom. The third-order valence-corrected chi connectivity index (χ3v) is 7.87. The van der Waals surface area contributed by atoms with Crippen LogP contribution in [-0.2, 0) is 0 Å². The van der Waals surface area contributed by atoms with Crippen LogP contribution in [0.3, 0.4) is 0 Å². The highest BCUT2D eigenvalue weighted by atomic mass is 79.9. The summed E-state index contributed by atoms with van der Waals surface area (Å²) in [6.45, 7) is 8.00. The molecule has 4 nitrogen and oxygen atoms in total. The molecule has 156 valence electrons. The van der Waals surface area contributed by atoms with Crippen molar-refractivity contribution >= 4 is 97.9 Å². The second-order valence-electron chi connectivity index (χ2n) is 6.98. The van der Waals surface area contributed by atoms with E-state index >= 15 is 0 Å². The molecular formula is C22H20Br4N4. The van der Waals surface area contributed by atoms with E-state index in [1.165, 1.54) is 0 Å². The van der Waals surface area contributed by atoms with Gasteiger partial charge in [-0.2, -0.15) is 0 Å². The normalized spacial score (nSPS) is 18.1. The monoisotopic (exact) mass is 656 g/mol. The molecule has 0 spiro atoms. The minimum absolute atomic E-state index is 0.845. The first-order valence-corrected chi connectivity index (χ1v) is 12.3. The zero-order valence-electron chi connectivity index (χ0n) is 16.9. The molecule has 0 amide bonds. The molecule has 3 rings (SSSR count). The summed E-state index contributed by atoms with van der Waals surface area (Å²) in [4.78, 5) is 9.67. The molecule has 2 N–H and O–H groups in total. The maximum Gasteiger partial charge on any atom is 0.0879 e. The van der Waals surface area contributed by atoms with Gasteiger partial charge in [0, 0.05) is 40.7 Å². The van der Waals surface area contributed by atoms with Crippen molar-refractivity contribution in [3.63, 3.8) is 0 Å². The zero-order chi connectivity index (χ0) is 22.0. The Balaban J connectivity index is 2.20. The van der Waals surface area contributed by atoms with Gasteiger partial charge < -0.3 is 10.6 Å². The molecule has 1 aliphatic rings. The number of fused-ring (bicyclic) bond motifs is 2. The Bertz CT molecular complexity index is 1040. The molecule has 2 aromatic carbocycles. The zero-order valence-corrected chi connectivity index (χ0v) is 23.2. The van der Waals surface area contributed by atoms with Crippen LogP contribution in [0.5, 0.6) is 0 Å². The van der Waals surface area contributed by atoms with Gasteiger partial charge in [-0.3, -0.25) is 9.98 Å². The Morgan fingerprint density at radius 2 is 0.900 bits per heavy atom. The van der Waals surface area contributed by atoms with Crippen molar-refractivity contribution in [2.75, 3.05) is 10.6 Å². The summed E-state index contributed by atoms with van der Waals surface area (Å²) in [5, 5.41) is 6.92. The lowest BCUT2D eigenvalue weighted by atomic mass is 10.2. The molecule has 0 atom stereocenters. The van der Waals surface area contributed by atoms with Crippen molar-refractivity contribution in [3.05, 3.63) is 65.7 Å². The van der Waals surface area contributed by atoms with Crippen molar-refractivity contribution in [1.82, 2.24) is 0 Å². The van der Waals surface area contributed by atoms with Crippen LogP contribution in [0.1, 0.15) is 27.7 Å². The molecule has 0 saturated heterocycles. The van der Waals surface area contributed by atoms with Gasteiger partial charge in [-0.15, -0.1) is 0 Å². The number of rotatable bonds is 0. The van der Waals surface area contributed by atoms with Crippen molar-refractivity contribution < 1.29 is 0 Å². The van der Waals surface area contributed by atoms with E-state index in [4.69, 9.17) is 9.98 Å². The number of anilines is 2. The van der Waals surface area contributed by atoms with Crippen LogP contribution >= 0.6 is 63.7 Å². The lowest BCUT2D eigenvalue weighted by molar-refractivity contribution is 1.33. The van der Waals surface area contributed by atoms with E-state index in [-0.39, 0.29) is 0 Å². The summed E-state index contributed by atoms with van der Waals surface area (Å²) >= 11 is 14.3. The second kappa shape index (κ2) is 9.94. The van der Waals surface area contributed by atoms with Gasteiger partial charge in [0.15, 0.2) is 0 Å². The van der Waals surface area contributed by atoms with Crippen molar-refractivity contribution in [1.29, 1.82) is 0 Å². The largest absolute Gasteiger partial charge is 0.357 e. The summed E-state index contributed by atoms with van der Waals surface area (Å²) in [6.07, 6.45) is 4.04. The van der Waals surface area contributed by atoms with E-state index in [1.807, 2.05) is 64.1 Å². The first-order chi connectivity index (χ1) is 14.1. The van der Waals surface area contributed by atoms with Crippen LogP contribution < -0.4 is 10.6 Å². The van der Waals surface area contributed by atoms with Gasteiger partial charge in [0.05, 0.1) is 22.7 Å². The van der Waals surface area contributed by atoms with Gasteiger partial charge in [0.25, 0.3) is 0 Å². The van der Waals surface area contributed by atoms with Crippen LogP contribution in [0.2, 0.25) is 0 Å². The third kappa shape index (κ3) is 5.93. The predicted octanol–water partition coefficient (Wildman–Crippen LogP) is 9.27. The Hall–Kier alpha value is -1.22. The molecule has 0 aromatic heterocycles. The smallest absolute Gasteiger partial charge is 0.0879 e. The lowest BCUT2D eigenvalue weighted by Gasteiger charge is -2.15. The van der Waals surface area contributed by atoms with E-state index in [2.05, 4.69) is 74.4 Å². The van der Waals surface area contributed by atoms with Gasteiger partial charge in [-0.1, -0.05) is 0 Å². The number of hydrogen-bond donors (Lipinski definition) is 2. The number of aliphatic imine (C=N–C) groups is 2. The molecule has 0 unspecified atom stereocenters. The van der Waals surface area contributed by atoms with Crippen LogP contribution in [0.15, 0.2) is 75.7 Å². The van der Waals surface area contributed by atoms with Crippen molar-refractivity contribution in [3.8, 4) is 0 Å². The molecule has 8 heteroatoms. The summed E-state index contributed by atoms with van der Waals surface area (Å²) in [5.74, 6) is 0. The number of benzene rings is 2. The minimum atomic E-state index is 0.845. The van der Waals surface area contributed by atoms with E-state index in [0.717, 1.165) is 63.5 Å². The summed E-state index contributed by atoms with van der Waals surface area (Å²) in [7, 11) is 0. The molecule has 0 radical (unpaired) electrons. The van der Waals surface area contributed by atoms with E-state index in [9.17, 15) is 0 Å². The topological polar surface area (TPSA) is 48.8 Å². The number of allylic oxidation sites excluding steroid dienone is 4. The maximum atomic E-state index is 4.83. The highest BCUT2D eigenvalue weighted by Crippen LogP contribution is 2.37. The lowest BCUT2D eigenvalue weighted by Crippen LogP contribution is -2.02. The van der Waals surface area contributed by atoms with Gasteiger partial charge in [-0.05, 0) is 128 Å². The highest BCUT2D eigenvalue weighted by Gasteiger charge is 2.10. The Morgan fingerprint density at radius 1 is 0.567 bits per heavy atom. The average molecular weight is 660 g/mol.